The highest BCUT2D eigenvalue weighted by Gasteiger charge is 2.46. The average molecular weight is 207 g/mol. The molecule has 0 saturated heterocycles. The van der Waals surface area contributed by atoms with Crippen molar-refractivity contribution in [2.45, 2.75) is 38.5 Å². The fraction of sp³-hybridized carbons (Fsp3) is 0.750. The SMILES string of the molecule is CNCC1(c2ncc(CC(C)C)[nH]2)CC1. The zero-order valence-electron chi connectivity index (χ0n) is 9.93. The van der Waals surface area contributed by atoms with Crippen molar-refractivity contribution in [2.24, 2.45) is 5.92 Å². The lowest BCUT2D eigenvalue weighted by Gasteiger charge is -2.10. The van der Waals surface area contributed by atoms with Crippen LogP contribution in [0.4, 0.5) is 0 Å². The topological polar surface area (TPSA) is 40.7 Å². The fourth-order valence-corrected chi connectivity index (χ4v) is 2.16. The van der Waals surface area contributed by atoms with Crippen molar-refractivity contribution in [3.05, 3.63) is 17.7 Å². The highest BCUT2D eigenvalue weighted by molar-refractivity contribution is 5.21. The van der Waals surface area contributed by atoms with Crippen LogP contribution in [0.1, 0.15) is 38.2 Å². The minimum atomic E-state index is 0.323. The van der Waals surface area contributed by atoms with E-state index < -0.39 is 0 Å². The molecule has 2 N–H and O–H groups in total. The summed E-state index contributed by atoms with van der Waals surface area (Å²) in [5, 5.41) is 3.26. The summed E-state index contributed by atoms with van der Waals surface area (Å²) in [5.41, 5.74) is 1.60. The van der Waals surface area contributed by atoms with Gasteiger partial charge in [0.05, 0.1) is 0 Å². The lowest BCUT2D eigenvalue weighted by Crippen LogP contribution is -2.24. The Bertz CT molecular complexity index is 323. The second-order valence-corrected chi connectivity index (χ2v) is 5.17. The molecule has 2 rings (SSSR count). The maximum Gasteiger partial charge on any atom is 0.113 e. The van der Waals surface area contributed by atoms with Gasteiger partial charge in [-0.3, -0.25) is 0 Å². The van der Waals surface area contributed by atoms with Crippen LogP contribution in [-0.2, 0) is 11.8 Å². The Balaban J connectivity index is 2.07. The first-order valence-electron chi connectivity index (χ1n) is 5.85. The molecule has 1 aromatic heterocycles. The molecule has 1 saturated carbocycles. The Morgan fingerprint density at radius 1 is 1.53 bits per heavy atom. The predicted octanol–water partition coefficient (Wildman–Crippen LogP) is 1.86. The van der Waals surface area contributed by atoms with E-state index in [4.69, 9.17) is 0 Å². The molecular weight excluding hydrogens is 186 g/mol. The molecule has 1 fully saturated rings. The van der Waals surface area contributed by atoms with Crippen molar-refractivity contribution in [1.82, 2.24) is 15.3 Å². The van der Waals surface area contributed by atoms with E-state index >= 15 is 0 Å². The molecule has 3 heteroatoms. The number of likely N-dealkylation sites (N-methyl/N-ethyl adjacent to an activating group) is 1. The zero-order valence-corrected chi connectivity index (χ0v) is 9.93. The minimum absolute atomic E-state index is 0.323. The van der Waals surface area contributed by atoms with Crippen LogP contribution >= 0.6 is 0 Å². The first-order valence-corrected chi connectivity index (χ1v) is 5.85. The van der Waals surface area contributed by atoms with E-state index in [1.54, 1.807) is 0 Å². The number of aromatic amines is 1. The van der Waals surface area contributed by atoms with Gasteiger partial charge in [-0.15, -0.1) is 0 Å². The second kappa shape index (κ2) is 3.97. The van der Waals surface area contributed by atoms with E-state index in [-0.39, 0.29) is 0 Å². The van der Waals surface area contributed by atoms with Crippen LogP contribution in [0.5, 0.6) is 0 Å². The van der Waals surface area contributed by atoms with Crippen molar-refractivity contribution < 1.29 is 0 Å². The summed E-state index contributed by atoms with van der Waals surface area (Å²) in [4.78, 5) is 8.01. The average Bonchev–Trinajstić information content (AvgIpc) is 2.79. The summed E-state index contributed by atoms with van der Waals surface area (Å²) in [6.45, 7) is 5.52. The van der Waals surface area contributed by atoms with Gasteiger partial charge in [-0.25, -0.2) is 4.98 Å². The zero-order chi connectivity index (χ0) is 10.9. The highest BCUT2D eigenvalue weighted by atomic mass is 15.0. The number of nitrogens with one attached hydrogen (secondary N) is 2. The Kier molecular flexibility index (Phi) is 2.83. The quantitative estimate of drug-likeness (QED) is 0.773. The predicted molar refractivity (Wildman–Crippen MR) is 62.0 cm³/mol. The van der Waals surface area contributed by atoms with Gasteiger partial charge in [-0.2, -0.15) is 0 Å². The Morgan fingerprint density at radius 3 is 2.80 bits per heavy atom. The van der Waals surface area contributed by atoms with Crippen molar-refractivity contribution in [3.8, 4) is 0 Å². The number of hydrogen-bond acceptors (Lipinski definition) is 2. The van der Waals surface area contributed by atoms with Gasteiger partial charge >= 0.3 is 0 Å². The van der Waals surface area contributed by atoms with E-state index in [1.165, 1.54) is 24.4 Å². The monoisotopic (exact) mass is 207 g/mol. The van der Waals surface area contributed by atoms with Gasteiger partial charge in [-0.05, 0) is 32.2 Å². The van der Waals surface area contributed by atoms with Gasteiger partial charge < -0.3 is 10.3 Å². The lowest BCUT2D eigenvalue weighted by molar-refractivity contribution is 0.588. The maximum atomic E-state index is 4.53. The van der Waals surface area contributed by atoms with Crippen LogP contribution in [0.2, 0.25) is 0 Å². The molecule has 0 aromatic carbocycles. The van der Waals surface area contributed by atoms with Gasteiger partial charge in [0.25, 0.3) is 0 Å². The van der Waals surface area contributed by atoms with E-state index in [0.29, 0.717) is 11.3 Å². The number of H-pyrrole nitrogens is 1. The third kappa shape index (κ3) is 2.23. The molecule has 1 aliphatic carbocycles. The van der Waals surface area contributed by atoms with Crippen LogP contribution in [0, 0.1) is 5.92 Å². The molecule has 0 amide bonds. The van der Waals surface area contributed by atoms with Gasteiger partial charge in [0.2, 0.25) is 0 Å². The third-order valence-corrected chi connectivity index (χ3v) is 3.13. The van der Waals surface area contributed by atoms with Gasteiger partial charge in [0.1, 0.15) is 5.82 Å². The summed E-state index contributed by atoms with van der Waals surface area (Å²) in [5.74, 6) is 1.88. The number of imidazole rings is 1. The summed E-state index contributed by atoms with van der Waals surface area (Å²) in [6, 6.07) is 0. The van der Waals surface area contributed by atoms with Crippen LogP contribution in [-0.4, -0.2) is 23.6 Å². The van der Waals surface area contributed by atoms with Crippen molar-refractivity contribution in [2.75, 3.05) is 13.6 Å². The van der Waals surface area contributed by atoms with E-state index in [2.05, 4.69) is 29.1 Å². The van der Waals surface area contributed by atoms with Gasteiger partial charge in [-0.1, -0.05) is 13.8 Å². The highest BCUT2D eigenvalue weighted by Crippen LogP contribution is 2.46. The molecule has 0 radical (unpaired) electrons. The Morgan fingerprint density at radius 2 is 2.27 bits per heavy atom. The maximum absolute atomic E-state index is 4.53. The summed E-state index contributed by atoms with van der Waals surface area (Å²) < 4.78 is 0. The molecule has 0 spiro atoms. The van der Waals surface area contributed by atoms with Crippen LogP contribution < -0.4 is 5.32 Å². The number of aromatic nitrogens is 2. The van der Waals surface area contributed by atoms with E-state index in [0.717, 1.165) is 13.0 Å². The largest absolute Gasteiger partial charge is 0.345 e. The Labute approximate surface area is 91.7 Å². The standard InChI is InChI=1S/C12H21N3/c1-9(2)6-10-7-14-11(15-10)12(4-5-12)8-13-3/h7,9,13H,4-6,8H2,1-3H3,(H,14,15). The van der Waals surface area contributed by atoms with E-state index in [9.17, 15) is 0 Å². The third-order valence-electron chi connectivity index (χ3n) is 3.13. The molecule has 3 nitrogen and oxygen atoms in total. The summed E-state index contributed by atoms with van der Waals surface area (Å²) in [6.07, 6.45) is 5.64. The van der Waals surface area contributed by atoms with Crippen LogP contribution in [0.25, 0.3) is 0 Å². The summed E-state index contributed by atoms with van der Waals surface area (Å²) in [7, 11) is 2.01. The molecule has 1 aliphatic rings. The molecule has 0 bridgehead atoms. The molecule has 0 unspecified atom stereocenters. The van der Waals surface area contributed by atoms with Gasteiger partial charge in [0, 0.05) is 23.9 Å². The lowest BCUT2D eigenvalue weighted by atomic mass is 10.1. The van der Waals surface area contributed by atoms with E-state index in [1.807, 2.05) is 13.2 Å². The van der Waals surface area contributed by atoms with Crippen molar-refractivity contribution in [1.29, 1.82) is 0 Å². The number of rotatable bonds is 5. The number of hydrogen-bond donors (Lipinski definition) is 2. The molecule has 0 atom stereocenters. The molecule has 15 heavy (non-hydrogen) atoms. The van der Waals surface area contributed by atoms with Crippen LogP contribution in [0.15, 0.2) is 6.20 Å². The molecule has 1 heterocycles. The fourth-order valence-electron chi connectivity index (χ4n) is 2.16. The normalized spacial score (nSPS) is 18.4. The Hall–Kier alpha value is -0.830. The van der Waals surface area contributed by atoms with Crippen molar-refractivity contribution >= 4 is 0 Å². The summed E-state index contributed by atoms with van der Waals surface area (Å²) >= 11 is 0. The molecule has 84 valence electrons. The number of nitrogens with zero attached hydrogens (tertiary/aromatic N) is 1. The smallest absolute Gasteiger partial charge is 0.113 e. The molecule has 1 aromatic rings. The van der Waals surface area contributed by atoms with Crippen molar-refractivity contribution in [3.63, 3.8) is 0 Å². The second-order valence-electron chi connectivity index (χ2n) is 5.17. The first kappa shape index (κ1) is 10.7. The molecular formula is C12H21N3. The van der Waals surface area contributed by atoms with Gasteiger partial charge in [0.15, 0.2) is 0 Å². The first-order chi connectivity index (χ1) is 7.16. The molecule has 0 aliphatic heterocycles. The minimum Gasteiger partial charge on any atom is -0.345 e. The van der Waals surface area contributed by atoms with Crippen LogP contribution in [0.3, 0.4) is 0 Å².